The third kappa shape index (κ3) is 1.99. The van der Waals surface area contributed by atoms with E-state index in [-0.39, 0.29) is 0 Å². The predicted molar refractivity (Wildman–Crippen MR) is 69.8 cm³/mol. The molecule has 84 valence electrons. The van der Waals surface area contributed by atoms with Gasteiger partial charge in [-0.25, -0.2) is 0 Å². The molecule has 17 heavy (non-hydrogen) atoms. The molecule has 0 saturated heterocycles. The van der Waals surface area contributed by atoms with E-state index in [1.54, 1.807) is 6.07 Å². The molecule has 0 aliphatic carbocycles. The summed E-state index contributed by atoms with van der Waals surface area (Å²) in [5.41, 5.74) is 1.06. The Labute approximate surface area is 104 Å². The highest BCUT2D eigenvalue weighted by Crippen LogP contribution is 2.30. The van der Waals surface area contributed by atoms with Gasteiger partial charge in [-0.05, 0) is 36.4 Å². The van der Waals surface area contributed by atoms with Crippen molar-refractivity contribution in [2.24, 2.45) is 0 Å². The van der Waals surface area contributed by atoms with Gasteiger partial charge in [0.05, 0.1) is 0 Å². The zero-order valence-corrected chi connectivity index (χ0v) is 9.74. The molecule has 0 radical (unpaired) electrons. The number of rotatable bonds is 2. The van der Waals surface area contributed by atoms with Crippen molar-refractivity contribution in [1.82, 2.24) is 4.98 Å². The van der Waals surface area contributed by atoms with Crippen LogP contribution in [0.1, 0.15) is 0 Å². The van der Waals surface area contributed by atoms with Crippen LogP contribution in [0, 0.1) is 0 Å². The van der Waals surface area contributed by atoms with Crippen molar-refractivity contribution in [3.63, 3.8) is 0 Å². The van der Waals surface area contributed by atoms with Crippen LogP contribution in [0.25, 0.3) is 10.9 Å². The lowest BCUT2D eigenvalue weighted by atomic mass is 10.2. The molecule has 3 aromatic rings. The van der Waals surface area contributed by atoms with Crippen LogP contribution in [-0.4, -0.2) is 4.98 Å². The first-order valence-corrected chi connectivity index (χ1v) is 5.70. The van der Waals surface area contributed by atoms with Gasteiger partial charge in [0.15, 0.2) is 0 Å². The van der Waals surface area contributed by atoms with Gasteiger partial charge in [0.1, 0.15) is 11.5 Å². The summed E-state index contributed by atoms with van der Waals surface area (Å²) in [6, 6.07) is 15.3. The fraction of sp³-hybridized carbons (Fsp3) is 0. The topological polar surface area (TPSA) is 25.0 Å². The second-order valence-corrected chi connectivity index (χ2v) is 4.19. The van der Waals surface area contributed by atoms with Gasteiger partial charge in [0, 0.05) is 22.1 Å². The minimum atomic E-state index is 0.670. The number of hydrogen-bond donors (Lipinski definition) is 1. The van der Waals surface area contributed by atoms with Crippen LogP contribution < -0.4 is 4.74 Å². The third-order valence-electron chi connectivity index (χ3n) is 2.58. The fourth-order valence-electron chi connectivity index (χ4n) is 1.80. The molecule has 2 aromatic carbocycles. The van der Waals surface area contributed by atoms with Crippen LogP contribution in [-0.2, 0) is 0 Å². The molecular weight excluding hydrogens is 234 g/mol. The standard InChI is InChI=1S/C14H10ClNO/c15-10-3-1-4-11(9-10)17-14-6-2-5-13-12(14)7-8-16-13/h1-9,16H. The predicted octanol–water partition coefficient (Wildman–Crippen LogP) is 4.61. The summed E-state index contributed by atoms with van der Waals surface area (Å²) in [7, 11) is 0. The van der Waals surface area contributed by atoms with Crippen molar-refractivity contribution in [2.45, 2.75) is 0 Å². The largest absolute Gasteiger partial charge is 0.457 e. The zero-order chi connectivity index (χ0) is 11.7. The molecule has 1 heterocycles. The van der Waals surface area contributed by atoms with E-state index in [2.05, 4.69) is 4.98 Å². The van der Waals surface area contributed by atoms with E-state index in [1.165, 1.54) is 0 Å². The van der Waals surface area contributed by atoms with E-state index in [4.69, 9.17) is 16.3 Å². The zero-order valence-electron chi connectivity index (χ0n) is 8.98. The Bertz CT molecular complexity index is 660. The summed E-state index contributed by atoms with van der Waals surface area (Å²) in [6.07, 6.45) is 1.90. The van der Waals surface area contributed by atoms with Crippen LogP contribution in [0.3, 0.4) is 0 Å². The summed E-state index contributed by atoms with van der Waals surface area (Å²) < 4.78 is 5.83. The first-order valence-electron chi connectivity index (χ1n) is 5.32. The minimum absolute atomic E-state index is 0.670. The number of aromatic nitrogens is 1. The summed E-state index contributed by atoms with van der Waals surface area (Å²) in [5, 5.41) is 1.73. The summed E-state index contributed by atoms with van der Waals surface area (Å²) >= 11 is 5.92. The number of fused-ring (bicyclic) bond motifs is 1. The van der Waals surface area contributed by atoms with Gasteiger partial charge >= 0.3 is 0 Å². The van der Waals surface area contributed by atoms with Gasteiger partial charge in [-0.2, -0.15) is 0 Å². The van der Waals surface area contributed by atoms with E-state index in [0.29, 0.717) is 5.02 Å². The number of aromatic amines is 1. The van der Waals surface area contributed by atoms with Crippen LogP contribution in [0.2, 0.25) is 5.02 Å². The van der Waals surface area contributed by atoms with Gasteiger partial charge in [0.25, 0.3) is 0 Å². The van der Waals surface area contributed by atoms with E-state index < -0.39 is 0 Å². The lowest BCUT2D eigenvalue weighted by Gasteiger charge is -2.06. The van der Waals surface area contributed by atoms with Crippen molar-refractivity contribution < 1.29 is 4.74 Å². The Hall–Kier alpha value is -1.93. The van der Waals surface area contributed by atoms with E-state index in [1.807, 2.05) is 48.7 Å². The summed E-state index contributed by atoms with van der Waals surface area (Å²) in [4.78, 5) is 3.15. The van der Waals surface area contributed by atoms with E-state index in [0.717, 1.165) is 22.4 Å². The molecule has 0 amide bonds. The highest BCUT2D eigenvalue weighted by Gasteiger charge is 2.03. The maximum absolute atomic E-state index is 5.92. The molecule has 0 unspecified atom stereocenters. The number of benzene rings is 2. The van der Waals surface area contributed by atoms with Crippen LogP contribution in [0.4, 0.5) is 0 Å². The smallest absolute Gasteiger partial charge is 0.136 e. The highest BCUT2D eigenvalue weighted by molar-refractivity contribution is 6.30. The Morgan fingerprint density at radius 2 is 1.88 bits per heavy atom. The quantitative estimate of drug-likeness (QED) is 0.698. The average molecular weight is 244 g/mol. The normalized spacial score (nSPS) is 10.6. The lowest BCUT2D eigenvalue weighted by Crippen LogP contribution is -1.84. The number of nitrogens with one attached hydrogen (secondary N) is 1. The Morgan fingerprint density at radius 3 is 2.76 bits per heavy atom. The minimum Gasteiger partial charge on any atom is -0.457 e. The second-order valence-electron chi connectivity index (χ2n) is 3.75. The molecule has 0 saturated carbocycles. The first-order chi connectivity index (χ1) is 8.33. The molecule has 0 fully saturated rings. The maximum atomic E-state index is 5.92. The molecule has 1 N–H and O–H groups in total. The highest BCUT2D eigenvalue weighted by atomic mass is 35.5. The second kappa shape index (κ2) is 4.15. The molecule has 1 aromatic heterocycles. The Morgan fingerprint density at radius 1 is 1.00 bits per heavy atom. The Balaban J connectivity index is 2.02. The van der Waals surface area contributed by atoms with Crippen molar-refractivity contribution in [2.75, 3.05) is 0 Å². The van der Waals surface area contributed by atoms with Crippen molar-refractivity contribution in [3.05, 3.63) is 59.8 Å². The average Bonchev–Trinajstić information content (AvgIpc) is 2.78. The number of halogens is 1. The van der Waals surface area contributed by atoms with Gasteiger partial charge in [-0.1, -0.05) is 23.7 Å². The molecule has 0 spiro atoms. The Kier molecular flexibility index (Phi) is 2.50. The van der Waals surface area contributed by atoms with Gasteiger partial charge in [-0.3, -0.25) is 0 Å². The monoisotopic (exact) mass is 243 g/mol. The molecular formula is C14H10ClNO. The van der Waals surface area contributed by atoms with Gasteiger partial charge in [-0.15, -0.1) is 0 Å². The van der Waals surface area contributed by atoms with E-state index in [9.17, 15) is 0 Å². The fourth-order valence-corrected chi connectivity index (χ4v) is 1.98. The van der Waals surface area contributed by atoms with E-state index >= 15 is 0 Å². The van der Waals surface area contributed by atoms with Crippen LogP contribution >= 0.6 is 11.6 Å². The number of hydrogen-bond acceptors (Lipinski definition) is 1. The van der Waals surface area contributed by atoms with Gasteiger partial charge in [0.2, 0.25) is 0 Å². The molecule has 3 rings (SSSR count). The van der Waals surface area contributed by atoms with Crippen LogP contribution in [0.15, 0.2) is 54.7 Å². The van der Waals surface area contributed by atoms with Crippen molar-refractivity contribution in [3.8, 4) is 11.5 Å². The first kappa shape index (κ1) is 10.2. The SMILES string of the molecule is Clc1cccc(Oc2cccc3[nH]ccc23)c1. The molecule has 0 aliphatic rings. The number of H-pyrrole nitrogens is 1. The molecule has 2 nitrogen and oxygen atoms in total. The van der Waals surface area contributed by atoms with Crippen LogP contribution in [0.5, 0.6) is 11.5 Å². The summed E-state index contributed by atoms with van der Waals surface area (Å²) in [5.74, 6) is 1.57. The molecule has 3 heteroatoms. The third-order valence-corrected chi connectivity index (χ3v) is 2.81. The van der Waals surface area contributed by atoms with Gasteiger partial charge < -0.3 is 9.72 Å². The molecule has 0 atom stereocenters. The summed E-state index contributed by atoms with van der Waals surface area (Å²) in [6.45, 7) is 0. The molecule has 0 aliphatic heterocycles. The maximum Gasteiger partial charge on any atom is 0.136 e. The number of ether oxygens (including phenoxy) is 1. The molecule has 0 bridgehead atoms. The van der Waals surface area contributed by atoms with Crippen molar-refractivity contribution >= 4 is 22.5 Å². The van der Waals surface area contributed by atoms with Crippen molar-refractivity contribution in [1.29, 1.82) is 0 Å². The lowest BCUT2D eigenvalue weighted by molar-refractivity contribution is 0.488.